The van der Waals surface area contributed by atoms with E-state index >= 15 is 0 Å². The van der Waals surface area contributed by atoms with Gasteiger partial charge in [-0.25, -0.2) is 28.4 Å². The van der Waals surface area contributed by atoms with E-state index in [1.54, 1.807) is 19.1 Å². The number of hydrogen-bond acceptors (Lipinski definition) is 9. The Labute approximate surface area is 186 Å². The largest absolute Gasteiger partial charge is 0.383 e. The average Bonchev–Trinajstić information content (AvgIpc) is 3.29. The van der Waals surface area contributed by atoms with E-state index in [-0.39, 0.29) is 40.0 Å². The number of nitrogen functional groups attached to an aromatic ring is 1. The monoisotopic (exact) mass is 446 g/mol. The SMILES string of the molecule is CC(Nc1ncnc(N)c1C(=N)c1cccc(C#N)n1)c1cn(-c2ccc(F)cc2F)nn1. The van der Waals surface area contributed by atoms with Crippen LogP contribution in [0.1, 0.15) is 35.6 Å². The zero-order chi connectivity index (χ0) is 23.5. The van der Waals surface area contributed by atoms with Gasteiger partial charge >= 0.3 is 0 Å². The van der Waals surface area contributed by atoms with Crippen molar-refractivity contribution in [1.29, 1.82) is 10.7 Å². The first-order valence-corrected chi connectivity index (χ1v) is 9.58. The van der Waals surface area contributed by atoms with Crippen molar-refractivity contribution >= 4 is 17.3 Å². The lowest BCUT2D eigenvalue weighted by atomic mass is 10.1. The Kier molecular flexibility index (Phi) is 5.69. The number of pyridine rings is 1. The lowest BCUT2D eigenvalue weighted by molar-refractivity contribution is 0.572. The Morgan fingerprint density at radius 3 is 2.82 bits per heavy atom. The van der Waals surface area contributed by atoms with Crippen LogP contribution >= 0.6 is 0 Å². The van der Waals surface area contributed by atoms with E-state index in [1.165, 1.54) is 29.3 Å². The lowest BCUT2D eigenvalue weighted by Crippen LogP contribution is -2.17. The number of nitriles is 1. The van der Waals surface area contributed by atoms with Crippen molar-refractivity contribution < 1.29 is 8.78 Å². The van der Waals surface area contributed by atoms with Gasteiger partial charge in [-0.15, -0.1) is 5.10 Å². The summed E-state index contributed by atoms with van der Waals surface area (Å²) in [7, 11) is 0. The van der Waals surface area contributed by atoms with Crippen molar-refractivity contribution in [1.82, 2.24) is 29.9 Å². The quantitative estimate of drug-likeness (QED) is 0.382. The highest BCUT2D eigenvalue weighted by atomic mass is 19.1. The fourth-order valence-electron chi connectivity index (χ4n) is 3.06. The van der Waals surface area contributed by atoms with Gasteiger partial charge in [-0.2, -0.15) is 5.26 Å². The van der Waals surface area contributed by atoms with Crippen molar-refractivity contribution in [2.75, 3.05) is 11.1 Å². The first-order chi connectivity index (χ1) is 15.9. The lowest BCUT2D eigenvalue weighted by Gasteiger charge is -2.16. The summed E-state index contributed by atoms with van der Waals surface area (Å²) >= 11 is 0. The normalized spacial score (nSPS) is 11.6. The van der Waals surface area contributed by atoms with Gasteiger partial charge in [0.25, 0.3) is 0 Å². The molecular weight excluding hydrogens is 430 g/mol. The predicted octanol–water partition coefficient (Wildman–Crippen LogP) is 2.77. The molecule has 10 nitrogen and oxygen atoms in total. The van der Waals surface area contributed by atoms with E-state index in [2.05, 4.69) is 30.6 Å². The molecule has 164 valence electrons. The summed E-state index contributed by atoms with van der Waals surface area (Å²) in [6, 6.07) is 9.29. The van der Waals surface area contributed by atoms with E-state index in [1.807, 2.05) is 6.07 Å². The second-order valence-corrected chi connectivity index (χ2v) is 6.93. The Bertz CT molecular complexity index is 1390. The first-order valence-electron chi connectivity index (χ1n) is 9.58. The third-order valence-electron chi connectivity index (χ3n) is 4.71. The molecule has 0 bridgehead atoms. The van der Waals surface area contributed by atoms with Crippen LogP contribution in [0.3, 0.4) is 0 Å². The molecule has 33 heavy (non-hydrogen) atoms. The van der Waals surface area contributed by atoms with Gasteiger partial charge in [0.15, 0.2) is 5.82 Å². The van der Waals surface area contributed by atoms with E-state index in [4.69, 9.17) is 16.4 Å². The Hall–Kier alpha value is -4.79. The van der Waals surface area contributed by atoms with Crippen molar-refractivity contribution in [2.24, 2.45) is 0 Å². The van der Waals surface area contributed by atoms with Crippen LogP contribution in [-0.2, 0) is 0 Å². The minimum absolute atomic E-state index is 0.0412. The van der Waals surface area contributed by atoms with Crippen LogP contribution in [0.25, 0.3) is 5.69 Å². The molecule has 0 aliphatic carbocycles. The molecule has 1 aromatic carbocycles. The van der Waals surface area contributed by atoms with Crippen LogP contribution < -0.4 is 11.1 Å². The molecule has 0 amide bonds. The Morgan fingerprint density at radius 1 is 1.24 bits per heavy atom. The van der Waals surface area contributed by atoms with E-state index in [0.29, 0.717) is 5.69 Å². The summed E-state index contributed by atoms with van der Waals surface area (Å²) in [4.78, 5) is 12.3. The Morgan fingerprint density at radius 2 is 2.06 bits per heavy atom. The summed E-state index contributed by atoms with van der Waals surface area (Å²) in [6.07, 6.45) is 2.73. The zero-order valence-electron chi connectivity index (χ0n) is 17.2. The maximum Gasteiger partial charge on any atom is 0.151 e. The molecule has 0 radical (unpaired) electrons. The number of hydrogen-bond donors (Lipinski definition) is 3. The van der Waals surface area contributed by atoms with Gasteiger partial charge in [-0.05, 0) is 31.2 Å². The summed E-state index contributed by atoms with van der Waals surface area (Å²) < 4.78 is 28.4. The fourth-order valence-corrected chi connectivity index (χ4v) is 3.06. The molecule has 0 saturated carbocycles. The minimum atomic E-state index is -0.779. The zero-order valence-corrected chi connectivity index (χ0v) is 17.2. The maximum absolute atomic E-state index is 14.1. The van der Waals surface area contributed by atoms with Gasteiger partial charge in [-0.1, -0.05) is 11.3 Å². The number of nitrogens with one attached hydrogen (secondary N) is 2. The molecule has 4 aromatic rings. The fraction of sp³-hybridized carbons (Fsp3) is 0.0952. The summed E-state index contributed by atoms with van der Waals surface area (Å²) in [5, 5.41) is 28.7. The molecule has 1 unspecified atom stereocenters. The molecule has 0 aliphatic rings. The average molecular weight is 446 g/mol. The number of benzene rings is 1. The third kappa shape index (κ3) is 4.33. The van der Waals surface area contributed by atoms with E-state index in [9.17, 15) is 8.78 Å². The van der Waals surface area contributed by atoms with Crippen LogP contribution in [0.15, 0.2) is 48.9 Å². The van der Waals surface area contributed by atoms with Crippen molar-refractivity contribution in [3.8, 4) is 11.8 Å². The van der Waals surface area contributed by atoms with Gasteiger partial charge in [0.1, 0.15) is 46.9 Å². The number of nitrogens with zero attached hydrogens (tertiary/aromatic N) is 7. The van der Waals surface area contributed by atoms with Crippen molar-refractivity contribution in [3.05, 3.63) is 83.2 Å². The van der Waals surface area contributed by atoms with Gasteiger partial charge in [0, 0.05) is 6.07 Å². The molecule has 3 aromatic heterocycles. The summed E-state index contributed by atoms with van der Waals surface area (Å²) in [5.74, 6) is -1.19. The highest BCUT2D eigenvalue weighted by molar-refractivity contribution is 6.15. The predicted molar refractivity (Wildman–Crippen MR) is 115 cm³/mol. The number of anilines is 2. The van der Waals surface area contributed by atoms with E-state index in [0.717, 1.165) is 12.1 Å². The molecule has 4 N–H and O–H groups in total. The molecule has 3 heterocycles. The smallest absolute Gasteiger partial charge is 0.151 e. The molecule has 0 saturated heterocycles. The number of rotatable bonds is 6. The molecular formula is C21H16F2N10. The number of halogens is 2. The van der Waals surface area contributed by atoms with Gasteiger partial charge in [0.2, 0.25) is 0 Å². The number of aromatic nitrogens is 6. The maximum atomic E-state index is 14.1. The Balaban J connectivity index is 1.62. The highest BCUT2D eigenvalue weighted by Crippen LogP contribution is 2.25. The van der Waals surface area contributed by atoms with Crippen LogP contribution in [-0.4, -0.2) is 35.7 Å². The van der Waals surface area contributed by atoms with Gasteiger partial charge < -0.3 is 11.1 Å². The van der Waals surface area contributed by atoms with Crippen LogP contribution in [0, 0.1) is 28.4 Å². The molecule has 0 aliphatic heterocycles. The number of nitrogens with two attached hydrogens (primary N) is 1. The standard InChI is InChI=1S/C21H16F2N10/c1-11(16-9-33(32-31-16)17-6-5-12(22)7-14(17)23)29-21-18(20(26)27-10-28-21)19(25)15-4-2-3-13(8-24)30-15/h2-7,9-11,25H,1H3,(H3,26,27,28,29). The molecule has 12 heteroatoms. The second kappa shape index (κ2) is 8.75. The molecule has 1 atom stereocenters. The molecule has 4 rings (SSSR count). The van der Waals surface area contributed by atoms with E-state index < -0.39 is 17.7 Å². The van der Waals surface area contributed by atoms with Gasteiger partial charge in [0.05, 0.1) is 29.2 Å². The topological polar surface area (TPSA) is 155 Å². The third-order valence-corrected chi connectivity index (χ3v) is 4.71. The summed E-state index contributed by atoms with van der Waals surface area (Å²) in [5.41, 5.74) is 7.00. The van der Waals surface area contributed by atoms with Gasteiger partial charge in [-0.3, -0.25) is 5.41 Å². The first kappa shape index (κ1) is 21.4. The minimum Gasteiger partial charge on any atom is -0.383 e. The second-order valence-electron chi connectivity index (χ2n) is 6.93. The highest BCUT2D eigenvalue weighted by Gasteiger charge is 2.21. The summed E-state index contributed by atoms with van der Waals surface area (Å²) in [6.45, 7) is 1.76. The molecule has 0 fully saturated rings. The van der Waals surface area contributed by atoms with Crippen LogP contribution in [0.2, 0.25) is 0 Å². The van der Waals surface area contributed by atoms with Crippen molar-refractivity contribution in [2.45, 2.75) is 13.0 Å². The van der Waals surface area contributed by atoms with Crippen molar-refractivity contribution in [3.63, 3.8) is 0 Å². The van der Waals surface area contributed by atoms with Crippen LogP contribution in [0.4, 0.5) is 20.4 Å². The molecule has 0 spiro atoms. The van der Waals surface area contributed by atoms with Crippen LogP contribution in [0.5, 0.6) is 0 Å².